The molecule has 3 rings (SSSR count). The predicted molar refractivity (Wildman–Crippen MR) is 115 cm³/mol. The molecule has 1 amide bonds. The monoisotopic (exact) mass is 458 g/mol. The summed E-state index contributed by atoms with van der Waals surface area (Å²) >= 11 is 1.25. The van der Waals surface area contributed by atoms with E-state index < -0.39 is 11.7 Å². The summed E-state index contributed by atoms with van der Waals surface area (Å²) in [5.74, 6) is 0.0238. The summed E-state index contributed by atoms with van der Waals surface area (Å²) in [5, 5.41) is 3.53. The Morgan fingerprint density at radius 1 is 1.26 bits per heavy atom. The Bertz CT molecular complexity index is 908. The maximum absolute atomic E-state index is 13.1. The van der Waals surface area contributed by atoms with Gasteiger partial charge in [-0.25, -0.2) is 4.98 Å². The Morgan fingerprint density at radius 3 is 2.61 bits per heavy atom. The second-order valence-electron chi connectivity index (χ2n) is 8.22. The van der Waals surface area contributed by atoms with Gasteiger partial charge in [-0.1, -0.05) is 18.7 Å². The minimum absolute atomic E-state index is 0.127. The van der Waals surface area contributed by atoms with E-state index in [9.17, 15) is 18.0 Å². The van der Waals surface area contributed by atoms with Crippen LogP contribution in [0, 0.1) is 0 Å². The smallest absolute Gasteiger partial charge is 0.379 e. The van der Waals surface area contributed by atoms with Gasteiger partial charge in [0.1, 0.15) is 0 Å². The summed E-state index contributed by atoms with van der Waals surface area (Å²) < 4.78 is 46.5. The van der Waals surface area contributed by atoms with Crippen LogP contribution in [0.1, 0.15) is 32.8 Å². The van der Waals surface area contributed by atoms with E-state index in [-0.39, 0.29) is 17.2 Å². The van der Waals surface area contributed by atoms with Crippen LogP contribution in [0.2, 0.25) is 0 Å². The zero-order valence-electron chi connectivity index (χ0n) is 18.1. The number of nitrogens with zero attached hydrogens (tertiary/aromatic N) is 3. The van der Waals surface area contributed by atoms with Crippen molar-refractivity contribution in [2.75, 3.05) is 38.6 Å². The zero-order valence-corrected chi connectivity index (χ0v) is 18.9. The number of hydrogen-bond acceptors (Lipinski definition) is 5. The van der Waals surface area contributed by atoms with Crippen LogP contribution in [-0.4, -0.2) is 64.5 Å². The van der Waals surface area contributed by atoms with E-state index in [0.717, 1.165) is 31.6 Å². The number of ether oxygens (including phenoxy) is 1. The van der Waals surface area contributed by atoms with Crippen molar-refractivity contribution in [3.8, 4) is 0 Å². The van der Waals surface area contributed by atoms with E-state index in [1.807, 2.05) is 6.92 Å². The van der Waals surface area contributed by atoms with Crippen molar-refractivity contribution >= 4 is 28.7 Å². The number of imidazole rings is 1. The molecule has 1 aromatic carbocycles. The van der Waals surface area contributed by atoms with Gasteiger partial charge in [0.25, 0.3) is 0 Å². The molecule has 0 atom stereocenters. The SMILES string of the molecule is CCCn1c(SCC(=O)NCC(C)(C)N2CCOCC2)nc2ccc(C(F)(F)F)cc21. The van der Waals surface area contributed by atoms with Crippen molar-refractivity contribution in [1.29, 1.82) is 0 Å². The molecule has 0 spiro atoms. The Hall–Kier alpha value is -1.78. The number of benzene rings is 1. The Kier molecular flexibility index (Phi) is 7.54. The Balaban J connectivity index is 1.65. The molecule has 2 aromatic rings. The van der Waals surface area contributed by atoms with Crippen LogP contribution in [0.5, 0.6) is 0 Å². The number of carbonyl (C=O) groups excluding carboxylic acids is 1. The standard InChI is InChI=1S/C21H29F3N4O2S/c1-4-7-28-17-12-15(21(22,23)24)5-6-16(17)26-19(28)31-13-18(29)25-14-20(2,3)27-8-10-30-11-9-27/h5-6,12H,4,7-11,13-14H2,1-3H3,(H,25,29). The Labute approximate surface area is 184 Å². The number of aryl methyl sites for hydroxylation is 1. The lowest BCUT2D eigenvalue weighted by Crippen LogP contribution is -2.55. The van der Waals surface area contributed by atoms with Crippen molar-refractivity contribution in [3.63, 3.8) is 0 Å². The first-order chi connectivity index (χ1) is 14.6. The molecule has 10 heteroatoms. The van der Waals surface area contributed by atoms with Gasteiger partial charge in [0.15, 0.2) is 5.16 Å². The molecule has 1 aliphatic rings. The quantitative estimate of drug-likeness (QED) is 0.610. The maximum Gasteiger partial charge on any atom is 0.416 e. The average molecular weight is 459 g/mol. The number of aromatic nitrogens is 2. The first-order valence-electron chi connectivity index (χ1n) is 10.4. The van der Waals surface area contributed by atoms with E-state index in [1.165, 1.54) is 17.8 Å². The van der Waals surface area contributed by atoms with E-state index in [1.54, 1.807) is 4.57 Å². The van der Waals surface area contributed by atoms with Crippen LogP contribution in [0.4, 0.5) is 13.2 Å². The number of amides is 1. The largest absolute Gasteiger partial charge is 0.416 e. The molecule has 0 aliphatic carbocycles. The molecule has 1 N–H and O–H groups in total. The highest BCUT2D eigenvalue weighted by Gasteiger charge is 2.31. The molecule has 0 saturated carbocycles. The lowest BCUT2D eigenvalue weighted by Gasteiger charge is -2.40. The van der Waals surface area contributed by atoms with Crippen molar-refractivity contribution < 1.29 is 22.7 Å². The maximum atomic E-state index is 13.1. The molecule has 1 fully saturated rings. The van der Waals surface area contributed by atoms with E-state index in [2.05, 4.69) is 29.0 Å². The van der Waals surface area contributed by atoms with Crippen LogP contribution in [0.25, 0.3) is 11.0 Å². The molecule has 0 bridgehead atoms. The summed E-state index contributed by atoms with van der Waals surface area (Å²) in [7, 11) is 0. The molecular weight excluding hydrogens is 429 g/mol. The molecule has 172 valence electrons. The molecule has 6 nitrogen and oxygen atoms in total. The number of morpholine rings is 1. The Morgan fingerprint density at radius 2 is 1.97 bits per heavy atom. The molecular formula is C21H29F3N4O2S. The summed E-state index contributed by atoms with van der Waals surface area (Å²) in [6, 6.07) is 3.56. The summed E-state index contributed by atoms with van der Waals surface area (Å²) in [6.07, 6.45) is -3.66. The number of alkyl halides is 3. The van der Waals surface area contributed by atoms with Crippen molar-refractivity contribution in [2.24, 2.45) is 0 Å². The molecule has 2 heterocycles. The highest BCUT2D eigenvalue weighted by atomic mass is 32.2. The van der Waals surface area contributed by atoms with E-state index in [0.29, 0.717) is 42.5 Å². The third-order valence-electron chi connectivity index (χ3n) is 5.41. The summed E-state index contributed by atoms with van der Waals surface area (Å²) in [4.78, 5) is 19.2. The first-order valence-corrected chi connectivity index (χ1v) is 11.4. The van der Waals surface area contributed by atoms with E-state index >= 15 is 0 Å². The molecule has 31 heavy (non-hydrogen) atoms. The number of fused-ring (bicyclic) bond motifs is 1. The van der Waals surface area contributed by atoms with Gasteiger partial charge < -0.3 is 14.6 Å². The average Bonchev–Trinajstić information content (AvgIpc) is 3.08. The normalized spacial score (nSPS) is 16.1. The van der Waals surface area contributed by atoms with Gasteiger partial charge in [-0.05, 0) is 38.5 Å². The lowest BCUT2D eigenvalue weighted by molar-refractivity contribution is -0.137. The minimum atomic E-state index is -4.41. The zero-order chi connectivity index (χ0) is 22.6. The fraction of sp³-hybridized carbons (Fsp3) is 0.619. The summed E-state index contributed by atoms with van der Waals surface area (Å²) in [6.45, 7) is 10.2. The van der Waals surface area contributed by atoms with Crippen LogP contribution in [0.15, 0.2) is 23.4 Å². The molecule has 1 aromatic heterocycles. The van der Waals surface area contributed by atoms with Crippen LogP contribution in [-0.2, 0) is 22.3 Å². The van der Waals surface area contributed by atoms with Gasteiger partial charge >= 0.3 is 6.18 Å². The number of thioether (sulfide) groups is 1. The van der Waals surface area contributed by atoms with Gasteiger partial charge in [0, 0.05) is 31.7 Å². The fourth-order valence-electron chi connectivity index (χ4n) is 3.60. The van der Waals surface area contributed by atoms with Gasteiger partial charge in [0.05, 0.1) is 35.6 Å². The molecule has 0 radical (unpaired) electrons. The van der Waals surface area contributed by atoms with Crippen LogP contribution < -0.4 is 5.32 Å². The number of nitrogens with one attached hydrogen (secondary N) is 1. The number of halogens is 3. The highest BCUT2D eigenvalue weighted by molar-refractivity contribution is 7.99. The molecule has 0 unspecified atom stereocenters. The second-order valence-corrected chi connectivity index (χ2v) is 9.17. The van der Waals surface area contributed by atoms with Crippen LogP contribution >= 0.6 is 11.8 Å². The van der Waals surface area contributed by atoms with Crippen molar-refractivity contribution in [3.05, 3.63) is 23.8 Å². The third kappa shape index (κ3) is 5.93. The number of hydrogen-bond donors (Lipinski definition) is 1. The van der Waals surface area contributed by atoms with Crippen LogP contribution in [0.3, 0.4) is 0 Å². The lowest BCUT2D eigenvalue weighted by atomic mass is 10.0. The third-order valence-corrected chi connectivity index (χ3v) is 6.38. The van der Waals surface area contributed by atoms with Gasteiger partial charge in [0.2, 0.25) is 5.91 Å². The van der Waals surface area contributed by atoms with Gasteiger partial charge in [-0.3, -0.25) is 9.69 Å². The number of rotatable bonds is 8. The van der Waals surface area contributed by atoms with Crippen molar-refractivity contribution in [1.82, 2.24) is 19.8 Å². The van der Waals surface area contributed by atoms with Gasteiger partial charge in [-0.2, -0.15) is 13.2 Å². The number of carbonyl (C=O) groups is 1. The van der Waals surface area contributed by atoms with Gasteiger partial charge in [-0.15, -0.1) is 0 Å². The fourth-order valence-corrected chi connectivity index (χ4v) is 4.47. The van der Waals surface area contributed by atoms with Crippen molar-refractivity contribution in [2.45, 2.75) is 50.6 Å². The summed E-state index contributed by atoms with van der Waals surface area (Å²) in [5.41, 5.74) is 0.0516. The molecule has 1 aliphatic heterocycles. The van der Waals surface area contributed by atoms with E-state index in [4.69, 9.17) is 4.74 Å². The molecule has 1 saturated heterocycles. The second kappa shape index (κ2) is 9.79. The highest BCUT2D eigenvalue weighted by Crippen LogP contribution is 2.33. The topological polar surface area (TPSA) is 59.4 Å². The predicted octanol–water partition coefficient (Wildman–Crippen LogP) is 3.78. The first kappa shape index (κ1) is 23.9. The minimum Gasteiger partial charge on any atom is -0.379 e.